The van der Waals surface area contributed by atoms with Crippen molar-refractivity contribution in [1.29, 1.82) is 0 Å². The third kappa shape index (κ3) is 12.5. The van der Waals surface area contributed by atoms with Crippen molar-refractivity contribution >= 4 is 64.5 Å². The maximum atomic E-state index is 13.6. The van der Waals surface area contributed by atoms with Gasteiger partial charge in [-0.1, -0.05) is 18.2 Å². The number of anilines is 2. The molecule has 3 aromatic carbocycles. The van der Waals surface area contributed by atoms with Crippen molar-refractivity contribution in [2.75, 3.05) is 23.7 Å². The van der Waals surface area contributed by atoms with Crippen LogP contribution >= 0.6 is 0 Å². The average Bonchev–Trinajstić information content (AvgIpc) is 3.52. The first-order valence-corrected chi connectivity index (χ1v) is 20.8. The maximum absolute atomic E-state index is 13.6. The summed E-state index contributed by atoms with van der Waals surface area (Å²) in [7, 11) is 0. The van der Waals surface area contributed by atoms with E-state index in [0.29, 0.717) is 65.9 Å². The van der Waals surface area contributed by atoms with Gasteiger partial charge in [0.05, 0.1) is 12.0 Å². The molecule has 3 aromatic rings. The van der Waals surface area contributed by atoms with Gasteiger partial charge in [0.1, 0.15) is 29.4 Å². The number of carboxylic acid groups (broad SMARTS) is 1. The highest BCUT2D eigenvalue weighted by Crippen LogP contribution is 2.56. The number of aliphatic carboxylic acids is 1. The summed E-state index contributed by atoms with van der Waals surface area (Å²) in [6.07, 6.45) is 2.27. The first kappa shape index (κ1) is 46.9. The van der Waals surface area contributed by atoms with Gasteiger partial charge >= 0.3 is 11.9 Å². The van der Waals surface area contributed by atoms with Crippen LogP contribution in [-0.2, 0) is 48.7 Å². The van der Waals surface area contributed by atoms with Crippen LogP contribution in [0.3, 0.4) is 0 Å². The summed E-state index contributed by atoms with van der Waals surface area (Å²) in [6.45, 7) is 4.61. The molecule has 63 heavy (non-hydrogen) atoms. The molecular formula is C45H52N6O12. The molecule has 0 saturated carbocycles. The van der Waals surface area contributed by atoms with Crippen molar-refractivity contribution in [1.82, 2.24) is 21.3 Å². The minimum Gasteiger partial charge on any atom is -0.481 e. The van der Waals surface area contributed by atoms with E-state index in [4.69, 9.17) is 14.6 Å². The van der Waals surface area contributed by atoms with Crippen LogP contribution in [0.1, 0.15) is 112 Å². The van der Waals surface area contributed by atoms with Crippen LogP contribution in [0.15, 0.2) is 60.7 Å². The molecule has 18 nitrogen and oxygen atoms in total. The lowest BCUT2D eigenvalue weighted by Gasteiger charge is -2.37. The van der Waals surface area contributed by atoms with Crippen molar-refractivity contribution < 1.29 is 57.7 Å². The number of fused-ring (bicyclic) bond motifs is 6. The Labute approximate surface area is 363 Å². The highest BCUT2D eigenvalue weighted by molar-refractivity contribution is 6.00. The maximum Gasteiger partial charge on any atom is 0.340 e. The second-order valence-corrected chi connectivity index (χ2v) is 15.4. The summed E-state index contributed by atoms with van der Waals surface area (Å²) < 4.78 is 12.7. The van der Waals surface area contributed by atoms with Crippen LogP contribution in [0.4, 0.5) is 11.4 Å². The third-order valence-electron chi connectivity index (χ3n) is 10.4. The smallest absolute Gasteiger partial charge is 0.340 e. The zero-order valence-electron chi connectivity index (χ0n) is 35.4. The van der Waals surface area contributed by atoms with Gasteiger partial charge in [0.2, 0.25) is 35.4 Å². The molecular weight excluding hydrogens is 817 g/mol. The SMILES string of the molecule is CC(=O)CCC(=O)NCCCCC(NC(C)=O)C(=O)Nc1ccc2c(c1)Oc1cc(NC(=O)C(CCCCNC(=O)CCC(=O)O)NC(C)=O)ccc1C21OC(=O)c2ccccc21. The Morgan fingerprint density at radius 3 is 1.59 bits per heavy atom. The summed E-state index contributed by atoms with van der Waals surface area (Å²) in [5.41, 5.74) is 0.976. The Hall–Kier alpha value is -7.11. The first-order chi connectivity index (χ1) is 30.1. The number of amides is 6. The molecule has 1 spiro atoms. The van der Waals surface area contributed by atoms with Crippen LogP contribution in [0.5, 0.6) is 11.5 Å². The van der Waals surface area contributed by atoms with Crippen LogP contribution in [0, 0.1) is 0 Å². The molecule has 2 aliphatic rings. The van der Waals surface area contributed by atoms with E-state index in [0.717, 1.165) is 0 Å². The van der Waals surface area contributed by atoms with Gasteiger partial charge in [-0.3, -0.25) is 33.6 Å². The van der Waals surface area contributed by atoms with E-state index in [9.17, 15) is 43.2 Å². The van der Waals surface area contributed by atoms with Gasteiger partial charge in [-0.15, -0.1) is 0 Å². The number of nitrogens with one attached hydrogen (secondary N) is 6. The van der Waals surface area contributed by atoms with Crippen LogP contribution in [0.25, 0.3) is 0 Å². The Balaban J connectivity index is 1.33. The largest absolute Gasteiger partial charge is 0.481 e. The summed E-state index contributed by atoms with van der Waals surface area (Å²) in [6, 6.07) is 14.8. The Kier molecular flexibility index (Phi) is 16.1. The molecule has 3 atom stereocenters. The molecule has 3 unspecified atom stereocenters. The number of carbonyl (C=O) groups is 9. The molecule has 2 heterocycles. The van der Waals surface area contributed by atoms with E-state index in [1.54, 1.807) is 60.7 Å². The van der Waals surface area contributed by atoms with Crippen molar-refractivity contribution in [2.45, 2.75) is 103 Å². The number of Topliss-reactive ketones (excluding diaryl/α,β-unsaturated/α-hetero) is 1. The van der Waals surface area contributed by atoms with Crippen molar-refractivity contribution in [3.05, 3.63) is 82.9 Å². The predicted molar refractivity (Wildman–Crippen MR) is 228 cm³/mol. The lowest BCUT2D eigenvalue weighted by atomic mass is 9.77. The fourth-order valence-corrected chi connectivity index (χ4v) is 7.41. The second kappa shape index (κ2) is 21.6. The number of hydrogen-bond acceptors (Lipinski definition) is 11. The van der Waals surface area contributed by atoms with Gasteiger partial charge in [-0.2, -0.15) is 0 Å². The molecule has 334 valence electrons. The zero-order valence-corrected chi connectivity index (χ0v) is 35.4. The molecule has 0 aliphatic carbocycles. The van der Waals surface area contributed by atoms with Gasteiger partial charge in [-0.05, 0) is 75.8 Å². The monoisotopic (exact) mass is 868 g/mol. The van der Waals surface area contributed by atoms with Crippen LogP contribution in [-0.4, -0.2) is 83.4 Å². The zero-order chi connectivity index (χ0) is 45.7. The standard InChI is InChI=1S/C45H52N6O12/c1-26(52)14-19-39(55)46-22-8-6-12-35(48-27(2)53)42(59)50-29-15-17-33-37(24-29)62-38-25-30(16-18-34(38)45(33)32-11-5-4-10-31(32)44(61)63-45)51-43(60)36(49-28(3)54)13-7-9-23-47-40(56)20-21-41(57)58/h4-5,10-11,15-18,24-25,35-36H,6-9,12-14,19-23H2,1-3H3,(H,46,55)(H,47,56)(H,48,53)(H,49,54)(H,50,59)(H,51,60)(H,57,58). The average molecular weight is 869 g/mol. The summed E-state index contributed by atoms with van der Waals surface area (Å²) in [4.78, 5) is 110. The third-order valence-corrected chi connectivity index (χ3v) is 10.4. The fraction of sp³-hybridized carbons (Fsp3) is 0.400. The van der Waals surface area contributed by atoms with Gasteiger partial charge < -0.3 is 51.3 Å². The van der Waals surface area contributed by atoms with Crippen LogP contribution in [0.2, 0.25) is 0 Å². The number of carboxylic acids is 1. The minimum absolute atomic E-state index is 0.0779. The summed E-state index contributed by atoms with van der Waals surface area (Å²) >= 11 is 0. The lowest BCUT2D eigenvalue weighted by molar-refractivity contribution is -0.138. The number of benzene rings is 3. The van der Waals surface area contributed by atoms with Crippen molar-refractivity contribution in [3.8, 4) is 11.5 Å². The number of unbranched alkanes of at least 4 members (excludes halogenated alkanes) is 2. The number of rotatable bonds is 22. The van der Waals surface area contributed by atoms with E-state index in [-0.39, 0.29) is 68.3 Å². The number of ketones is 1. The number of carbonyl (C=O) groups excluding carboxylic acids is 8. The molecule has 2 aliphatic heterocycles. The molecule has 5 rings (SSSR count). The molecule has 0 fully saturated rings. The van der Waals surface area contributed by atoms with E-state index in [2.05, 4.69) is 31.9 Å². The van der Waals surface area contributed by atoms with Gasteiger partial charge in [0.25, 0.3) is 0 Å². The van der Waals surface area contributed by atoms with Crippen LogP contribution < -0.4 is 36.6 Å². The predicted octanol–water partition coefficient (Wildman–Crippen LogP) is 3.95. The highest BCUT2D eigenvalue weighted by atomic mass is 16.6. The summed E-state index contributed by atoms with van der Waals surface area (Å²) in [5.74, 6) is -3.76. The van der Waals surface area contributed by atoms with E-state index < -0.39 is 59.2 Å². The number of esters is 1. The molecule has 0 radical (unpaired) electrons. The Morgan fingerprint density at radius 2 is 1.11 bits per heavy atom. The Bertz CT molecular complexity index is 2150. The quantitative estimate of drug-likeness (QED) is 0.0559. The topological polar surface area (TPSA) is 264 Å². The molecule has 0 saturated heterocycles. The lowest BCUT2D eigenvalue weighted by Crippen LogP contribution is -2.43. The van der Waals surface area contributed by atoms with Gasteiger partial charge in [0, 0.05) is 86.4 Å². The van der Waals surface area contributed by atoms with Gasteiger partial charge in [-0.25, -0.2) is 4.79 Å². The normalized spacial score (nSPS) is 15.2. The first-order valence-electron chi connectivity index (χ1n) is 20.8. The number of ether oxygens (including phenoxy) is 2. The molecule has 0 aromatic heterocycles. The van der Waals surface area contributed by atoms with E-state index in [1.807, 2.05) is 0 Å². The van der Waals surface area contributed by atoms with Gasteiger partial charge in [0.15, 0.2) is 5.60 Å². The molecule has 0 bridgehead atoms. The minimum atomic E-state index is -1.47. The Morgan fingerprint density at radius 1 is 0.619 bits per heavy atom. The van der Waals surface area contributed by atoms with Crippen molar-refractivity contribution in [3.63, 3.8) is 0 Å². The molecule has 6 amide bonds. The van der Waals surface area contributed by atoms with E-state index in [1.165, 1.54) is 20.8 Å². The second-order valence-electron chi connectivity index (χ2n) is 15.4. The van der Waals surface area contributed by atoms with Crippen molar-refractivity contribution in [2.24, 2.45) is 0 Å². The van der Waals surface area contributed by atoms with E-state index >= 15 is 0 Å². The molecule has 18 heteroatoms. The number of hydrogen-bond donors (Lipinski definition) is 7. The fourth-order valence-electron chi connectivity index (χ4n) is 7.41. The highest BCUT2D eigenvalue weighted by Gasteiger charge is 2.53. The molecule has 7 N–H and O–H groups in total. The summed E-state index contributed by atoms with van der Waals surface area (Å²) in [5, 5.41) is 25.2.